The van der Waals surface area contributed by atoms with Crippen LogP contribution in [-0.4, -0.2) is 32.6 Å². The molecule has 6 nitrogen and oxygen atoms in total. The molecule has 0 saturated heterocycles. The van der Waals surface area contributed by atoms with Gasteiger partial charge in [0.05, 0.1) is 5.69 Å². The Kier molecular flexibility index (Phi) is 7.15. The molecule has 0 aliphatic heterocycles. The summed E-state index contributed by atoms with van der Waals surface area (Å²) in [7, 11) is 0. The molecule has 2 aromatic carbocycles. The average Bonchev–Trinajstić information content (AvgIpc) is 3.27. The normalized spacial score (nSPS) is 10.9. The Bertz CT molecular complexity index is 1250. The molecule has 0 N–H and O–H groups in total. The Morgan fingerprint density at radius 2 is 1.52 bits per heavy atom. The molecule has 2 heterocycles. The monoisotopic (exact) mass is 475 g/mol. The number of benzene rings is 2. The summed E-state index contributed by atoms with van der Waals surface area (Å²) in [5.41, 5.74) is 6.84. The number of amides is 1. The standard InChI is InChI=1S/C25H25N5OS2/c1-5-30(18(4)31)25-26-21(15-33-25)14-32-24-27-22(19-10-6-16(2)7-11-19)23(28-29-24)20-12-8-17(3)9-13-20/h6-13,15H,5,14H2,1-4H3. The molecule has 0 saturated carbocycles. The highest BCUT2D eigenvalue weighted by molar-refractivity contribution is 7.98. The third kappa shape index (κ3) is 5.46. The van der Waals surface area contributed by atoms with Gasteiger partial charge >= 0.3 is 0 Å². The van der Waals surface area contributed by atoms with E-state index in [4.69, 9.17) is 4.98 Å². The first kappa shape index (κ1) is 23.1. The minimum atomic E-state index is -0.00646. The first-order chi connectivity index (χ1) is 15.9. The summed E-state index contributed by atoms with van der Waals surface area (Å²) >= 11 is 2.96. The van der Waals surface area contributed by atoms with E-state index in [9.17, 15) is 4.79 Å². The molecule has 8 heteroatoms. The molecule has 0 atom stereocenters. The SMILES string of the molecule is CCN(C(C)=O)c1nc(CSc2nnc(-c3ccc(C)cc3)c(-c3ccc(C)cc3)n2)cs1. The van der Waals surface area contributed by atoms with Crippen LogP contribution in [0.2, 0.25) is 0 Å². The molecule has 0 unspecified atom stereocenters. The number of rotatable bonds is 7. The maximum Gasteiger partial charge on any atom is 0.225 e. The Morgan fingerprint density at radius 3 is 2.09 bits per heavy atom. The Hall–Kier alpha value is -3.10. The van der Waals surface area contributed by atoms with Gasteiger partial charge < -0.3 is 0 Å². The predicted octanol–water partition coefficient (Wildman–Crippen LogP) is 5.94. The average molecular weight is 476 g/mol. The zero-order valence-corrected chi connectivity index (χ0v) is 20.7. The maximum atomic E-state index is 11.8. The first-order valence-corrected chi connectivity index (χ1v) is 12.5. The quantitative estimate of drug-likeness (QED) is 0.308. The fraction of sp³-hybridized carbons (Fsp3) is 0.240. The van der Waals surface area contributed by atoms with Gasteiger partial charge in [-0.15, -0.1) is 21.5 Å². The summed E-state index contributed by atoms with van der Waals surface area (Å²) in [6, 6.07) is 16.5. The lowest BCUT2D eigenvalue weighted by Crippen LogP contribution is -2.27. The van der Waals surface area contributed by atoms with Gasteiger partial charge in [0.25, 0.3) is 0 Å². The number of anilines is 1. The van der Waals surface area contributed by atoms with Crippen LogP contribution in [0.3, 0.4) is 0 Å². The van der Waals surface area contributed by atoms with Crippen molar-refractivity contribution >= 4 is 34.1 Å². The molecule has 33 heavy (non-hydrogen) atoms. The largest absolute Gasteiger partial charge is 0.289 e. The van der Waals surface area contributed by atoms with Crippen molar-refractivity contribution < 1.29 is 4.79 Å². The lowest BCUT2D eigenvalue weighted by atomic mass is 10.0. The number of nitrogens with zero attached hydrogens (tertiary/aromatic N) is 5. The van der Waals surface area contributed by atoms with Crippen molar-refractivity contribution in [2.24, 2.45) is 0 Å². The van der Waals surface area contributed by atoms with E-state index in [0.29, 0.717) is 17.5 Å². The molecule has 0 radical (unpaired) electrons. The molecular weight excluding hydrogens is 450 g/mol. The van der Waals surface area contributed by atoms with E-state index in [1.807, 2.05) is 12.3 Å². The third-order valence-corrected chi connectivity index (χ3v) is 6.92. The van der Waals surface area contributed by atoms with E-state index in [1.165, 1.54) is 34.2 Å². The van der Waals surface area contributed by atoms with Crippen molar-refractivity contribution in [1.29, 1.82) is 0 Å². The van der Waals surface area contributed by atoms with Gasteiger partial charge in [0.2, 0.25) is 11.1 Å². The highest BCUT2D eigenvalue weighted by Crippen LogP contribution is 2.31. The number of hydrogen-bond acceptors (Lipinski definition) is 7. The number of aryl methyl sites for hydroxylation is 2. The van der Waals surface area contributed by atoms with E-state index in [1.54, 1.807) is 11.8 Å². The minimum absolute atomic E-state index is 0.00646. The number of aromatic nitrogens is 4. The Morgan fingerprint density at radius 1 is 0.909 bits per heavy atom. The van der Waals surface area contributed by atoms with E-state index >= 15 is 0 Å². The third-order valence-electron chi connectivity index (χ3n) is 5.13. The van der Waals surface area contributed by atoms with Gasteiger partial charge in [0, 0.05) is 35.7 Å². The van der Waals surface area contributed by atoms with Gasteiger partial charge in [-0.25, -0.2) is 9.97 Å². The number of thiazole rings is 1. The number of carbonyl (C=O) groups excluding carboxylic acids is 1. The highest BCUT2D eigenvalue weighted by atomic mass is 32.2. The summed E-state index contributed by atoms with van der Waals surface area (Å²) in [5, 5.41) is 12.2. The Balaban J connectivity index is 1.61. The minimum Gasteiger partial charge on any atom is -0.289 e. The van der Waals surface area contributed by atoms with Crippen LogP contribution in [0.1, 0.15) is 30.7 Å². The molecule has 4 rings (SSSR count). The second-order valence-corrected chi connectivity index (χ2v) is 9.48. The first-order valence-electron chi connectivity index (χ1n) is 10.7. The molecule has 0 bridgehead atoms. The smallest absolute Gasteiger partial charge is 0.225 e. The van der Waals surface area contributed by atoms with Gasteiger partial charge in [-0.2, -0.15) is 0 Å². The predicted molar refractivity (Wildman–Crippen MR) is 136 cm³/mol. The second kappa shape index (κ2) is 10.2. The molecule has 0 aliphatic carbocycles. The molecule has 0 aliphatic rings. The van der Waals surface area contributed by atoms with Crippen LogP contribution in [0.25, 0.3) is 22.5 Å². The molecule has 168 valence electrons. The van der Waals surface area contributed by atoms with Crippen LogP contribution in [0.15, 0.2) is 59.1 Å². The van der Waals surface area contributed by atoms with E-state index in [0.717, 1.165) is 33.3 Å². The fourth-order valence-corrected chi connectivity index (χ4v) is 5.03. The summed E-state index contributed by atoms with van der Waals surface area (Å²) in [4.78, 5) is 22.9. The number of thioether (sulfide) groups is 1. The van der Waals surface area contributed by atoms with Gasteiger partial charge in [0.1, 0.15) is 11.4 Å². The summed E-state index contributed by atoms with van der Waals surface area (Å²) in [6.07, 6.45) is 0. The van der Waals surface area contributed by atoms with Crippen LogP contribution < -0.4 is 4.90 Å². The van der Waals surface area contributed by atoms with Crippen molar-refractivity contribution in [3.63, 3.8) is 0 Å². The zero-order chi connectivity index (χ0) is 23.4. The molecule has 0 fully saturated rings. The summed E-state index contributed by atoms with van der Waals surface area (Å²) in [6.45, 7) is 8.23. The van der Waals surface area contributed by atoms with Crippen LogP contribution in [-0.2, 0) is 10.5 Å². The van der Waals surface area contributed by atoms with Gasteiger partial charge in [-0.1, -0.05) is 71.4 Å². The maximum absolute atomic E-state index is 11.8. The Labute approximate surface area is 202 Å². The van der Waals surface area contributed by atoms with Gasteiger partial charge in [0.15, 0.2) is 5.13 Å². The second-order valence-electron chi connectivity index (χ2n) is 7.70. The lowest BCUT2D eigenvalue weighted by molar-refractivity contribution is -0.116. The fourth-order valence-electron chi connectivity index (χ4n) is 3.31. The summed E-state index contributed by atoms with van der Waals surface area (Å²) in [5.74, 6) is 0.596. The van der Waals surface area contributed by atoms with Crippen LogP contribution in [0.4, 0.5) is 5.13 Å². The summed E-state index contributed by atoms with van der Waals surface area (Å²) < 4.78 is 0. The number of hydrogen-bond donors (Lipinski definition) is 0. The molecule has 1 amide bonds. The molecular formula is C25H25N5OS2. The molecule has 4 aromatic rings. The molecule has 2 aromatic heterocycles. The van der Waals surface area contributed by atoms with E-state index in [2.05, 4.69) is 77.6 Å². The number of carbonyl (C=O) groups is 1. The molecule has 0 spiro atoms. The van der Waals surface area contributed by atoms with Gasteiger partial charge in [-0.05, 0) is 20.8 Å². The highest BCUT2D eigenvalue weighted by Gasteiger charge is 2.16. The van der Waals surface area contributed by atoms with Crippen LogP contribution >= 0.6 is 23.1 Å². The zero-order valence-electron chi connectivity index (χ0n) is 19.1. The topological polar surface area (TPSA) is 71.9 Å². The van der Waals surface area contributed by atoms with E-state index in [-0.39, 0.29) is 5.91 Å². The van der Waals surface area contributed by atoms with Crippen molar-refractivity contribution in [2.45, 2.75) is 38.6 Å². The van der Waals surface area contributed by atoms with E-state index < -0.39 is 0 Å². The van der Waals surface area contributed by atoms with Crippen molar-refractivity contribution in [3.05, 3.63) is 70.7 Å². The lowest BCUT2D eigenvalue weighted by Gasteiger charge is -2.14. The van der Waals surface area contributed by atoms with Crippen LogP contribution in [0.5, 0.6) is 0 Å². The van der Waals surface area contributed by atoms with Gasteiger partial charge in [-0.3, -0.25) is 9.69 Å². The van der Waals surface area contributed by atoms with Crippen molar-refractivity contribution in [3.8, 4) is 22.5 Å². The van der Waals surface area contributed by atoms with Crippen LogP contribution in [0, 0.1) is 13.8 Å². The van der Waals surface area contributed by atoms with Crippen molar-refractivity contribution in [2.75, 3.05) is 11.4 Å². The van der Waals surface area contributed by atoms with Crippen molar-refractivity contribution in [1.82, 2.24) is 20.2 Å².